The van der Waals surface area contributed by atoms with E-state index in [1.54, 1.807) is 0 Å². The molecule has 3 rings (SSSR count). The van der Waals surface area contributed by atoms with E-state index < -0.39 is 0 Å². The van der Waals surface area contributed by atoms with Crippen LogP contribution in [0.2, 0.25) is 0 Å². The summed E-state index contributed by atoms with van der Waals surface area (Å²) in [4.78, 5) is 41.0. The third-order valence-electron chi connectivity index (χ3n) is 6.00. The van der Waals surface area contributed by atoms with Crippen LogP contribution in [0.3, 0.4) is 0 Å². The Morgan fingerprint density at radius 3 is 2.40 bits per heavy atom. The van der Waals surface area contributed by atoms with E-state index >= 15 is 0 Å². The van der Waals surface area contributed by atoms with Crippen molar-refractivity contribution in [2.24, 2.45) is 11.8 Å². The Hall–Kier alpha value is -1.59. The fourth-order valence-electron chi connectivity index (χ4n) is 4.48. The van der Waals surface area contributed by atoms with Gasteiger partial charge < -0.3 is 15.1 Å². The largest absolute Gasteiger partial charge is 0.356 e. The maximum absolute atomic E-state index is 12.8. The van der Waals surface area contributed by atoms with Gasteiger partial charge in [0.25, 0.3) is 0 Å². The van der Waals surface area contributed by atoms with E-state index in [1.807, 2.05) is 16.7 Å². The zero-order valence-corrected chi connectivity index (χ0v) is 15.3. The Morgan fingerprint density at radius 2 is 1.76 bits per heavy atom. The summed E-state index contributed by atoms with van der Waals surface area (Å²) < 4.78 is 0. The van der Waals surface area contributed by atoms with Crippen molar-refractivity contribution in [3.63, 3.8) is 0 Å². The molecule has 0 bridgehead atoms. The summed E-state index contributed by atoms with van der Waals surface area (Å²) >= 11 is 0. The summed E-state index contributed by atoms with van der Waals surface area (Å²) in [5.41, 5.74) is 0. The quantitative estimate of drug-likeness (QED) is 0.818. The second-order valence-corrected chi connectivity index (χ2v) is 7.78. The molecule has 3 fully saturated rings. The monoisotopic (exact) mass is 349 g/mol. The van der Waals surface area contributed by atoms with E-state index in [0.29, 0.717) is 32.1 Å². The van der Waals surface area contributed by atoms with E-state index in [1.165, 1.54) is 12.8 Å². The first-order chi connectivity index (χ1) is 12.1. The lowest BCUT2D eigenvalue weighted by Gasteiger charge is -2.33. The molecule has 6 heteroatoms. The van der Waals surface area contributed by atoms with Crippen LogP contribution in [0, 0.1) is 11.8 Å². The minimum atomic E-state index is -0.182. The molecule has 1 N–H and O–H groups in total. The van der Waals surface area contributed by atoms with Crippen LogP contribution in [0.4, 0.5) is 0 Å². The van der Waals surface area contributed by atoms with Crippen molar-refractivity contribution in [2.45, 2.75) is 64.3 Å². The molecular formula is C19H31N3O3. The van der Waals surface area contributed by atoms with Crippen molar-refractivity contribution in [1.29, 1.82) is 0 Å². The van der Waals surface area contributed by atoms with Gasteiger partial charge in [-0.1, -0.05) is 19.8 Å². The molecule has 25 heavy (non-hydrogen) atoms. The number of likely N-dealkylation sites (tertiary alicyclic amines) is 2. The summed E-state index contributed by atoms with van der Waals surface area (Å²) in [7, 11) is 0. The standard InChI is InChI=1S/C19H31N3O3/c1-2-9-20-18(24)14-7-10-21(11-8-14)19(25)15-12-17(23)22(13-15)16-5-3-4-6-16/h14-16H,2-13H2,1H3,(H,20,24). The highest BCUT2D eigenvalue weighted by molar-refractivity contribution is 5.89. The topological polar surface area (TPSA) is 69.7 Å². The van der Waals surface area contributed by atoms with Crippen LogP contribution < -0.4 is 5.32 Å². The molecule has 6 nitrogen and oxygen atoms in total. The van der Waals surface area contributed by atoms with Gasteiger partial charge in [0.05, 0.1) is 5.92 Å². The summed E-state index contributed by atoms with van der Waals surface area (Å²) in [6, 6.07) is 0.360. The van der Waals surface area contributed by atoms with Gasteiger partial charge in [-0.15, -0.1) is 0 Å². The van der Waals surface area contributed by atoms with Gasteiger partial charge in [0.1, 0.15) is 0 Å². The Kier molecular flexibility index (Phi) is 5.97. The third kappa shape index (κ3) is 4.15. The van der Waals surface area contributed by atoms with Crippen molar-refractivity contribution in [3.05, 3.63) is 0 Å². The molecule has 140 valence electrons. The number of nitrogens with zero attached hydrogens (tertiary/aromatic N) is 2. The fraction of sp³-hybridized carbons (Fsp3) is 0.842. The number of amides is 3. The molecule has 2 heterocycles. The molecule has 3 aliphatic rings. The maximum atomic E-state index is 12.8. The van der Waals surface area contributed by atoms with Gasteiger partial charge in [0, 0.05) is 44.6 Å². The maximum Gasteiger partial charge on any atom is 0.227 e. The van der Waals surface area contributed by atoms with E-state index in [0.717, 1.165) is 38.6 Å². The smallest absolute Gasteiger partial charge is 0.227 e. The van der Waals surface area contributed by atoms with Crippen LogP contribution in [0.25, 0.3) is 0 Å². The molecule has 2 aliphatic heterocycles. The molecule has 1 saturated carbocycles. The SMILES string of the molecule is CCCNC(=O)C1CCN(C(=O)C2CC(=O)N(C3CCCC3)C2)CC1. The lowest BCUT2D eigenvalue weighted by atomic mass is 9.94. The lowest BCUT2D eigenvalue weighted by molar-refractivity contribution is -0.139. The number of hydrogen-bond donors (Lipinski definition) is 1. The van der Waals surface area contributed by atoms with Crippen molar-refractivity contribution in [1.82, 2.24) is 15.1 Å². The molecule has 1 atom stereocenters. The number of rotatable bonds is 5. The fourth-order valence-corrected chi connectivity index (χ4v) is 4.48. The minimum Gasteiger partial charge on any atom is -0.356 e. The second kappa shape index (κ2) is 8.19. The summed E-state index contributed by atoms with van der Waals surface area (Å²) in [6.45, 7) is 4.63. The van der Waals surface area contributed by atoms with Crippen LogP contribution >= 0.6 is 0 Å². The molecule has 0 aromatic carbocycles. The molecule has 3 amide bonds. The molecular weight excluding hydrogens is 318 g/mol. The third-order valence-corrected chi connectivity index (χ3v) is 6.00. The van der Waals surface area contributed by atoms with Gasteiger partial charge in [-0.2, -0.15) is 0 Å². The van der Waals surface area contributed by atoms with Crippen molar-refractivity contribution < 1.29 is 14.4 Å². The van der Waals surface area contributed by atoms with Gasteiger partial charge in [0.15, 0.2) is 0 Å². The number of nitrogens with one attached hydrogen (secondary N) is 1. The molecule has 2 saturated heterocycles. The zero-order chi connectivity index (χ0) is 17.8. The van der Waals surface area contributed by atoms with Crippen LogP contribution in [-0.2, 0) is 14.4 Å². The zero-order valence-electron chi connectivity index (χ0n) is 15.3. The molecule has 0 spiro atoms. The van der Waals surface area contributed by atoms with E-state index in [-0.39, 0.29) is 29.6 Å². The van der Waals surface area contributed by atoms with Gasteiger partial charge in [0.2, 0.25) is 17.7 Å². The summed E-state index contributed by atoms with van der Waals surface area (Å²) in [5, 5.41) is 2.95. The Bertz CT molecular complexity index is 508. The number of hydrogen-bond acceptors (Lipinski definition) is 3. The minimum absolute atomic E-state index is 0.0239. The predicted molar refractivity (Wildman–Crippen MR) is 94.7 cm³/mol. The lowest BCUT2D eigenvalue weighted by Crippen LogP contribution is -2.45. The van der Waals surface area contributed by atoms with Gasteiger partial charge in [-0.25, -0.2) is 0 Å². The van der Waals surface area contributed by atoms with Gasteiger partial charge in [-0.05, 0) is 32.1 Å². The Balaban J connectivity index is 1.48. The number of carbonyl (C=O) groups is 3. The average molecular weight is 349 g/mol. The highest BCUT2D eigenvalue weighted by Crippen LogP contribution is 2.31. The van der Waals surface area contributed by atoms with Crippen molar-refractivity contribution in [2.75, 3.05) is 26.2 Å². The van der Waals surface area contributed by atoms with Crippen LogP contribution in [0.5, 0.6) is 0 Å². The predicted octanol–water partition coefficient (Wildman–Crippen LogP) is 1.54. The van der Waals surface area contributed by atoms with Crippen molar-refractivity contribution in [3.8, 4) is 0 Å². The average Bonchev–Trinajstić information content (AvgIpc) is 3.28. The van der Waals surface area contributed by atoms with E-state index in [4.69, 9.17) is 0 Å². The summed E-state index contributed by atoms with van der Waals surface area (Å²) in [6.07, 6.45) is 7.34. The molecule has 0 aromatic rings. The molecule has 0 aromatic heterocycles. The second-order valence-electron chi connectivity index (χ2n) is 7.78. The first-order valence-corrected chi connectivity index (χ1v) is 9.96. The van der Waals surface area contributed by atoms with Crippen LogP contribution in [0.15, 0.2) is 0 Å². The van der Waals surface area contributed by atoms with E-state index in [9.17, 15) is 14.4 Å². The molecule has 0 radical (unpaired) electrons. The summed E-state index contributed by atoms with van der Waals surface area (Å²) in [5.74, 6) is 0.229. The first-order valence-electron chi connectivity index (χ1n) is 9.96. The van der Waals surface area contributed by atoms with Crippen LogP contribution in [0.1, 0.15) is 58.3 Å². The highest BCUT2D eigenvalue weighted by Gasteiger charge is 2.40. The number of carbonyl (C=O) groups excluding carboxylic acids is 3. The van der Waals surface area contributed by atoms with Crippen molar-refractivity contribution >= 4 is 17.7 Å². The first kappa shape index (κ1) is 18.2. The Morgan fingerprint density at radius 1 is 1.08 bits per heavy atom. The highest BCUT2D eigenvalue weighted by atomic mass is 16.2. The molecule has 1 unspecified atom stereocenters. The molecule has 1 aliphatic carbocycles. The Labute approximate surface area is 150 Å². The van der Waals surface area contributed by atoms with E-state index in [2.05, 4.69) is 5.32 Å². The van der Waals surface area contributed by atoms with Gasteiger partial charge in [-0.3, -0.25) is 14.4 Å². The number of piperidine rings is 1. The van der Waals surface area contributed by atoms with Gasteiger partial charge >= 0.3 is 0 Å². The normalized spacial score (nSPS) is 25.6. The van der Waals surface area contributed by atoms with Crippen LogP contribution in [-0.4, -0.2) is 59.7 Å².